The van der Waals surface area contributed by atoms with E-state index in [-0.39, 0.29) is 0 Å². The Bertz CT molecular complexity index is 371. The third-order valence-corrected chi connectivity index (χ3v) is 1.80. The van der Waals surface area contributed by atoms with Crippen LogP contribution in [0.4, 0.5) is 0 Å². The standard InChI is InChI=1S/C11H12O4/c1-4-15-10-7-8(11(12)14-3)5-6-9(10)13-2/h4-7H,1H2,2-3H3. The maximum absolute atomic E-state index is 11.2. The summed E-state index contributed by atoms with van der Waals surface area (Å²) in [5.41, 5.74) is 0.398. The Kier molecular flexibility index (Phi) is 3.74. The fourth-order valence-electron chi connectivity index (χ4n) is 1.10. The number of hydrogen-bond donors (Lipinski definition) is 0. The van der Waals surface area contributed by atoms with Crippen LogP contribution in [0.2, 0.25) is 0 Å². The number of esters is 1. The quantitative estimate of drug-likeness (QED) is 0.560. The first kappa shape index (κ1) is 11.1. The number of carbonyl (C=O) groups excluding carboxylic acids is 1. The molecule has 0 unspecified atom stereocenters. The number of benzene rings is 1. The van der Waals surface area contributed by atoms with Crippen LogP contribution in [0.3, 0.4) is 0 Å². The molecule has 0 bridgehead atoms. The zero-order chi connectivity index (χ0) is 11.3. The van der Waals surface area contributed by atoms with E-state index in [0.29, 0.717) is 17.1 Å². The first-order valence-electron chi connectivity index (χ1n) is 4.26. The van der Waals surface area contributed by atoms with E-state index < -0.39 is 5.97 Å². The van der Waals surface area contributed by atoms with Gasteiger partial charge in [-0.2, -0.15) is 0 Å². The molecule has 1 rings (SSSR count). The summed E-state index contributed by atoms with van der Waals surface area (Å²) in [6.07, 6.45) is 1.26. The summed E-state index contributed by atoms with van der Waals surface area (Å²) in [6, 6.07) is 4.76. The largest absolute Gasteiger partial charge is 0.493 e. The molecule has 0 aliphatic carbocycles. The van der Waals surface area contributed by atoms with Crippen molar-refractivity contribution in [3.05, 3.63) is 36.6 Å². The van der Waals surface area contributed by atoms with Crippen molar-refractivity contribution in [2.75, 3.05) is 14.2 Å². The van der Waals surface area contributed by atoms with E-state index in [1.165, 1.54) is 26.5 Å². The SMILES string of the molecule is C=COc1cc(C(=O)OC)ccc1OC. The zero-order valence-corrected chi connectivity index (χ0v) is 8.65. The van der Waals surface area contributed by atoms with E-state index in [2.05, 4.69) is 11.3 Å². The topological polar surface area (TPSA) is 44.8 Å². The number of ether oxygens (including phenoxy) is 3. The van der Waals surface area contributed by atoms with Gasteiger partial charge in [0.15, 0.2) is 11.5 Å². The average Bonchev–Trinajstić information content (AvgIpc) is 2.28. The van der Waals surface area contributed by atoms with Crippen LogP contribution in [0.25, 0.3) is 0 Å². The summed E-state index contributed by atoms with van der Waals surface area (Å²) in [6.45, 7) is 3.43. The van der Waals surface area contributed by atoms with Crippen LogP contribution < -0.4 is 9.47 Å². The lowest BCUT2D eigenvalue weighted by Gasteiger charge is -2.08. The minimum Gasteiger partial charge on any atom is -0.493 e. The predicted molar refractivity (Wildman–Crippen MR) is 55.2 cm³/mol. The van der Waals surface area contributed by atoms with Crippen molar-refractivity contribution in [3.63, 3.8) is 0 Å². The third-order valence-electron chi connectivity index (χ3n) is 1.80. The number of hydrogen-bond acceptors (Lipinski definition) is 4. The normalized spacial score (nSPS) is 9.20. The molecule has 15 heavy (non-hydrogen) atoms. The van der Waals surface area contributed by atoms with Crippen LogP contribution in [0.15, 0.2) is 31.0 Å². The molecule has 0 saturated heterocycles. The molecular formula is C11H12O4. The summed E-state index contributed by atoms with van der Waals surface area (Å²) in [4.78, 5) is 11.2. The molecule has 0 aliphatic heterocycles. The molecule has 0 amide bonds. The van der Waals surface area contributed by atoms with Crippen molar-refractivity contribution in [2.24, 2.45) is 0 Å². The molecule has 1 aromatic rings. The van der Waals surface area contributed by atoms with Crippen LogP contribution in [0, 0.1) is 0 Å². The van der Waals surface area contributed by atoms with Gasteiger partial charge in [0.1, 0.15) is 0 Å². The van der Waals surface area contributed by atoms with Gasteiger partial charge in [0.2, 0.25) is 0 Å². The highest BCUT2D eigenvalue weighted by atomic mass is 16.5. The molecule has 0 atom stereocenters. The van der Waals surface area contributed by atoms with E-state index in [1.807, 2.05) is 0 Å². The van der Waals surface area contributed by atoms with Gasteiger partial charge in [0.05, 0.1) is 26.0 Å². The summed E-state index contributed by atoms with van der Waals surface area (Å²) in [7, 11) is 2.84. The summed E-state index contributed by atoms with van der Waals surface area (Å²) in [5.74, 6) is 0.532. The van der Waals surface area contributed by atoms with Gasteiger partial charge in [-0.05, 0) is 18.2 Å². The first-order valence-corrected chi connectivity index (χ1v) is 4.26. The average molecular weight is 208 g/mol. The van der Waals surface area contributed by atoms with Crippen LogP contribution in [0.5, 0.6) is 11.5 Å². The molecular weight excluding hydrogens is 196 g/mol. The minimum absolute atomic E-state index is 0.398. The van der Waals surface area contributed by atoms with Crippen molar-refractivity contribution < 1.29 is 19.0 Å². The Morgan fingerprint density at radius 2 is 2.07 bits per heavy atom. The molecule has 0 aromatic heterocycles. The molecule has 0 spiro atoms. The molecule has 0 saturated carbocycles. The van der Waals surface area contributed by atoms with Crippen molar-refractivity contribution in [3.8, 4) is 11.5 Å². The molecule has 4 nitrogen and oxygen atoms in total. The van der Waals surface area contributed by atoms with Crippen molar-refractivity contribution in [1.82, 2.24) is 0 Å². The highest BCUT2D eigenvalue weighted by Crippen LogP contribution is 2.28. The van der Waals surface area contributed by atoms with Gasteiger partial charge in [-0.3, -0.25) is 0 Å². The second-order valence-electron chi connectivity index (χ2n) is 2.64. The van der Waals surface area contributed by atoms with Gasteiger partial charge in [-0.1, -0.05) is 6.58 Å². The van der Waals surface area contributed by atoms with Crippen LogP contribution in [-0.4, -0.2) is 20.2 Å². The maximum atomic E-state index is 11.2. The predicted octanol–water partition coefficient (Wildman–Crippen LogP) is 2.00. The van der Waals surface area contributed by atoms with E-state index >= 15 is 0 Å². The molecule has 0 fully saturated rings. The number of rotatable bonds is 4. The summed E-state index contributed by atoms with van der Waals surface area (Å²) < 4.78 is 14.7. The monoisotopic (exact) mass is 208 g/mol. The van der Waals surface area contributed by atoms with Gasteiger partial charge in [-0.25, -0.2) is 4.79 Å². The molecule has 1 aromatic carbocycles. The molecule has 4 heteroatoms. The van der Waals surface area contributed by atoms with Gasteiger partial charge in [-0.15, -0.1) is 0 Å². The van der Waals surface area contributed by atoms with Gasteiger partial charge < -0.3 is 14.2 Å². The van der Waals surface area contributed by atoms with E-state index in [1.54, 1.807) is 12.1 Å². The summed E-state index contributed by atoms with van der Waals surface area (Å²) >= 11 is 0. The zero-order valence-electron chi connectivity index (χ0n) is 8.65. The Morgan fingerprint density at radius 3 is 2.60 bits per heavy atom. The maximum Gasteiger partial charge on any atom is 0.337 e. The van der Waals surface area contributed by atoms with E-state index in [4.69, 9.17) is 9.47 Å². The second kappa shape index (κ2) is 5.05. The molecule has 0 heterocycles. The van der Waals surface area contributed by atoms with E-state index in [0.717, 1.165) is 0 Å². The molecule has 80 valence electrons. The van der Waals surface area contributed by atoms with Crippen molar-refractivity contribution >= 4 is 5.97 Å². The minimum atomic E-state index is -0.424. The number of carbonyl (C=O) groups is 1. The second-order valence-corrected chi connectivity index (χ2v) is 2.64. The van der Waals surface area contributed by atoms with Crippen LogP contribution in [-0.2, 0) is 4.74 Å². The van der Waals surface area contributed by atoms with Crippen molar-refractivity contribution in [1.29, 1.82) is 0 Å². The summed E-state index contributed by atoms with van der Waals surface area (Å²) in [5, 5.41) is 0. The van der Waals surface area contributed by atoms with Gasteiger partial charge in [0, 0.05) is 0 Å². The fourth-order valence-corrected chi connectivity index (χ4v) is 1.10. The lowest BCUT2D eigenvalue weighted by molar-refractivity contribution is 0.0600. The molecule has 0 aliphatic rings. The highest BCUT2D eigenvalue weighted by molar-refractivity contribution is 5.90. The molecule has 0 N–H and O–H groups in total. The van der Waals surface area contributed by atoms with Crippen LogP contribution in [0.1, 0.15) is 10.4 Å². The Balaban J connectivity index is 3.09. The third kappa shape index (κ3) is 2.49. The van der Waals surface area contributed by atoms with Gasteiger partial charge >= 0.3 is 5.97 Å². The lowest BCUT2D eigenvalue weighted by atomic mass is 10.2. The smallest absolute Gasteiger partial charge is 0.337 e. The fraction of sp³-hybridized carbons (Fsp3) is 0.182. The van der Waals surface area contributed by atoms with E-state index in [9.17, 15) is 4.79 Å². The Morgan fingerprint density at radius 1 is 1.33 bits per heavy atom. The Labute approximate surface area is 88.1 Å². The van der Waals surface area contributed by atoms with Gasteiger partial charge in [0.25, 0.3) is 0 Å². The lowest BCUT2D eigenvalue weighted by Crippen LogP contribution is -2.01. The Hall–Kier alpha value is -1.97. The first-order chi connectivity index (χ1) is 7.22. The molecule has 0 radical (unpaired) electrons. The highest BCUT2D eigenvalue weighted by Gasteiger charge is 2.10. The number of methoxy groups -OCH3 is 2. The van der Waals surface area contributed by atoms with Crippen molar-refractivity contribution in [2.45, 2.75) is 0 Å². The van der Waals surface area contributed by atoms with Crippen LogP contribution >= 0.6 is 0 Å².